The van der Waals surface area contributed by atoms with Gasteiger partial charge in [0.1, 0.15) is 5.15 Å². The number of benzene rings is 1. The van der Waals surface area contributed by atoms with Crippen molar-refractivity contribution in [3.05, 3.63) is 34.4 Å². The molecule has 0 amide bonds. The normalized spacial score (nSPS) is 10.6. The predicted octanol–water partition coefficient (Wildman–Crippen LogP) is 3.12. The van der Waals surface area contributed by atoms with E-state index >= 15 is 0 Å². The van der Waals surface area contributed by atoms with Gasteiger partial charge in [-0.1, -0.05) is 23.2 Å². The highest BCUT2D eigenvalue weighted by Gasteiger charge is 2.02. The van der Waals surface area contributed by atoms with Crippen molar-refractivity contribution in [2.24, 2.45) is 0 Å². The minimum Gasteiger partial charge on any atom is -0.399 e. The van der Waals surface area contributed by atoms with Crippen LogP contribution in [0.5, 0.6) is 0 Å². The van der Waals surface area contributed by atoms with Crippen LogP contribution in [0.4, 0.5) is 5.69 Å². The van der Waals surface area contributed by atoms with E-state index in [4.69, 9.17) is 28.9 Å². The smallest absolute Gasteiger partial charge is 0.131 e. The maximum absolute atomic E-state index is 5.95. The first kappa shape index (κ1) is 8.60. The van der Waals surface area contributed by atoms with Crippen molar-refractivity contribution in [3.63, 3.8) is 0 Å². The molecule has 0 saturated carbocycles. The van der Waals surface area contributed by atoms with Crippen molar-refractivity contribution in [1.82, 2.24) is 4.98 Å². The molecule has 1 aromatic carbocycles. The first-order valence-corrected chi connectivity index (χ1v) is 4.44. The Morgan fingerprint density at radius 2 is 1.92 bits per heavy atom. The second-order valence-electron chi connectivity index (χ2n) is 2.70. The quantitative estimate of drug-likeness (QED) is 0.539. The van der Waals surface area contributed by atoms with Crippen LogP contribution in [-0.4, -0.2) is 4.98 Å². The summed E-state index contributed by atoms with van der Waals surface area (Å²) in [5, 5.41) is 1.79. The van der Waals surface area contributed by atoms with Crippen LogP contribution in [0.1, 0.15) is 0 Å². The molecule has 4 heteroatoms. The minimum atomic E-state index is 0.391. The first-order valence-electron chi connectivity index (χ1n) is 3.68. The van der Waals surface area contributed by atoms with Crippen LogP contribution in [0.15, 0.2) is 24.3 Å². The number of nitrogens with two attached hydrogens (primary N) is 1. The van der Waals surface area contributed by atoms with E-state index in [1.165, 1.54) is 0 Å². The third-order valence-electron chi connectivity index (χ3n) is 1.75. The van der Waals surface area contributed by atoms with Crippen molar-refractivity contribution < 1.29 is 0 Å². The average molecular weight is 213 g/mol. The number of nitrogens with zero attached hydrogens (tertiary/aromatic N) is 1. The molecule has 0 saturated heterocycles. The molecule has 2 rings (SSSR count). The van der Waals surface area contributed by atoms with Crippen molar-refractivity contribution >= 4 is 39.8 Å². The molecule has 0 spiro atoms. The average Bonchev–Trinajstić information content (AvgIpc) is 2.06. The lowest BCUT2D eigenvalue weighted by Crippen LogP contribution is -1.86. The zero-order valence-electron chi connectivity index (χ0n) is 6.59. The first-order chi connectivity index (χ1) is 6.16. The molecular weight excluding hydrogens is 207 g/mol. The minimum absolute atomic E-state index is 0.391. The molecule has 2 nitrogen and oxygen atoms in total. The number of halogens is 2. The van der Waals surface area contributed by atoms with Gasteiger partial charge in [-0.25, -0.2) is 4.98 Å². The molecule has 13 heavy (non-hydrogen) atoms. The molecule has 0 aliphatic carbocycles. The van der Waals surface area contributed by atoms with Gasteiger partial charge in [-0.15, -0.1) is 0 Å². The summed E-state index contributed by atoms with van der Waals surface area (Å²) in [4.78, 5) is 4.10. The monoisotopic (exact) mass is 212 g/mol. The van der Waals surface area contributed by atoms with E-state index in [1.807, 2.05) is 0 Å². The molecule has 66 valence electrons. The summed E-state index contributed by atoms with van der Waals surface area (Å²) in [5.41, 5.74) is 7.03. The Morgan fingerprint density at radius 3 is 2.69 bits per heavy atom. The maximum atomic E-state index is 5.95. The Kier molecular flexibility index (Phi) is 2.02. The van der Waals surface area contributed by atoms with E-state index in [1.54, 1.807) is 24.3 Å². The Morgan fingerprint density at radius 1 is 1.15 bits per heavy atom. The zero-order chi connectivity index (χ0) is 9.42. The van der Waals surface area contributed by atoms with Gasteiger partial charge >= 0.3 is 0 Å². The molecule has 0 aliphatic rings. The van der Waals surface area contributed by atoms with Gasteiger partial charge in [-0.2, -0.15) is 0 Å². The van der Waals surface area contributed by atoms with Gasteiger partial charge in [0, 0.05) is 11.1 Å². The van der Waals surface area contributed by atoms with E-state index in [-0.39, 0.29) is 0 Å². The van der Waals surface area contributed by atoms with Gasteiger partial charge in [0.2, 0.25) is 0 Å². The van der Waals surface area contributed by atoms with Gasteiger partial charge in [-0.3, -0.25) is 0 Å². The summed E-state index contributed by atoms with van der Waals surface area (Å²) in [6.07, 6.45) is 0. The highest BCUT2D eigenvalue weighted by atomic mass is 35.5. The maximum Gasteiger partial charge on any atom is 0.131 e. The van der Waals surface area contributed by atoms with Crippen LogP contribution in [0.2, 0.25) is 10.2 Å². The van der Waals surface area contributed by atoms with Crippen molar-refractivity contribution in [2.45, 2.75) is 0 Å². The van der Waals surface area contributed by atoms with Gasteiger partial charge in [0.05, 0.1) is 10.5 Å². The predicted molar refractivity (Wildman–Crippen MR) is 56.2 cm³/mol. The zero-order valence-corrected chi connectivity index (χ0v) is 8.10. The number of hydrogen-bond donors (Lipinski definition) is 1. The van der Waals surface area contributed by atoms with E-state index in [9.17, 15) is 0 Å². The Hall–Kier alpha value is -0.990. The summed E-state index contributed by atoms with van der Waals surface area (Å²) in [5.74, 6) is 0. The van der Waals surface area contributed by atoms with Crippen molar-refractivity contribution in [3.8, 4) is 0 Å². The van der Waals surface area contributed by atoms with Gasteiger partial charge < -0.3 is 5.73 Å². The highest BCUT2D eigenvalue weighted by molar-refractivity contribution is 6.37. The lowest BCUT2D eigenvalue weighted by Gasteiger charge is -2.01. The van der Waals surface area contributed by atoms with Crippen LogP contribution in [0.3, 0.4) is 0 Å². The Labute approximate surface area is 85.3 Å². The summed E-state index contributed by atoms with van der Waals surface area (Å²) < 4.78 is 0. The van der Waals surface area contributed by atoms with Crippen molar-refractivity contribution in [2.75, 3.05) is 5.73 Å². The number of pyridine rings is 1. The van der Waals surface area contributed by atoms with Crippen LogP contribution < -0.4 is 5.73 Å². The van der Waals surface area contributed by atoms with Crippen LogP contribution in [0, 0.1) is 0 Å². The molecule has 1 heterocycles. The van der Waals surface area contributed by atoms with E-state index in [0.717, 1.165) is 10.9 Å². The van der Waals surface area contributed by atoms with E-state index in [0.29, 0.717) is 15.9 Å². The molecule has 0 radical (unpaired) electrons. The number of rotatable bonds is 0. The molecule has 0 fully saturated rings. The molecule has 2 aromatic rings. The Balaban J connectivity index is 2.87. The number of hydrogen-bond acceptors (Lipinski definition) is 2. The molecule has 0 atom stereocenters. The summed E-state index contributed by atoms with van der Waals surface area (Å²) in [6.45, 7) is 0. The van der Waals surface area contributed by atoms with Crippen molar-refractivity contribution in [1.29, 1.82) is 0 Å². The molecule has 0 aliphatic heterocycles. The Bertz CT molecular complexity index is 468. The lowest BCUT2D eigenvalue weighted by atomic mass is 10.2. The van der Waals surface area contributed by atoms with Gasteiger partial charge in [0.25, 0.3) is 0 Å². The molecule has 1 aromatic heterocycles. The largest absolute Gasteiger partial charge is 0.399 e. The fourth-order valence-electron chi connectivity index (χ4n) is 1.17. The second-order valence-corrected chi connectivity index (χ2v) is 3.50. The molecule has 2 N–H and O–H groups in total. The van der Waals surface area contributed by atoms with E-state index in [2.05, 4.69) is 4.98 Å². The number of nitrogen functional groups attached to an aromatic ring is 1. The number of aromatic nitrogens is 1. The van der Waals surface area contributed by atoms with Gasteiger partial charge in [-0.05, 0) is 24.3 Å². The SMILES string of the molecule is Nc1ccc2nc(Cl)cc(Cl)c2c1. The molecule has 0 unspecified atom stereocenters. The molecular formula is C9H6Cl2N2. The third-order valence-corrected chi connectivity index (χ3v) is 2.26. The van der Waals surface area contributed by atoms with Crippen LogP contribution in [0.25, 0.3) is 10.9 Å². The number of fused-ring (bicyclic) bond motifs is 1. The second kappa shape index (κ2) is 3.05. The van der Waals surface area contributed by atoms with Gasteiger partial charge in [0.15, 0.2) is 0 Å². The molecule has 0 bridgehead atoms. The third kappa shape index (κ3) is 1.55. The fraction of sp³-hybridized carbons (Fsp3) is 0. The summed E-state index contributed by atoms with van der Waals surface area (Å²) in [7, 11) is 0. The highest BCUT2D eigenvalue weighted by Crippen LogP contribution is 2.26. The standard InChI is InChI=1S/C9H6Cl2N2/c10-7-4-9(11)13-8-2-1-5(12)3-6(7)8/h1-4H,12H2. The van der Waals surface area contributed by atoms with Crippen LogP contribution >= 0.6 is 23.2 Å². The van der Waals surface area contributed by atoms with E-state index < -0.39 is 0 Å². The lowest BCUT2D eigenvalue weighted by molar-refractivity contribution is 1.41. The summed E-state index contributed by atoms with van der Waals surface area (Å²) >= 11 is 11.7. The topological polar surface area (TPSA) is 38.9 Å². The number of anilines is 1. The van der Waals surface area contributed by atoms with Crippen LogP contribution in [-0.2, 0) is 0 Å². The summed E-state index contributed by atoms with van der Waals surface area (Å²) in [6, 6.07) is 6.94. The fourth-order valence-corrected chi connectivity index (χ4v) is 1.68.